The van der Waals surface area contributed by atoms with E-state index in [0.717, 1.165) is 32.1 Å². The maximum absolute atomic E-state index is 10.8. The predicted molar refractivity (Wildman–Crippen MR) is 66.8 cm³/mol. The van der Waals surface area contributed by atoms with E-state index in [2.05, 4.69) is 22.8 Å². The van der Waals surface area contributed by atoms with Gasteiger partial charge in [-0.3, -0.25) is 4.79 Å². The Bertz CT molecular complexity index is 269. The normalized spacial score (nSPS) is 10.8. The summed E-state index contributed by atoms with van der Waals surface area (Å²) in [7, 11) is 1.42. The number of esters is 1. The highest BCUT2D eigenvalue weighted by molar-refractivity contribution is 5.68. The van der Waals surface area contributed by atoms with E-state index in [1.807, 2.05) is 12.2 Å². The van der Waals surface area contributed by atoms with E-state index in [9.17, 15) is 4.79 Å². The Kier molecular flexibility index (Phi) is 10.5. The summed E-state index contributed by atoms with van der Waals surface area (Å²) >= 11 is 0. The minimum Gasteiger partial charge on any atom is -0.469 e. The fourth-order valence-corrected chi connectivity index (χ4v) is 1.15. The zero-order valence-corrected chi connectivity index (χ0v) is 9.95. The molecule has 0 fully saturated rings. The van der Waals surface area contributed by atoms with Crippen LogP contribution in [0.5, 0.6) is 0 Å². The molecule has 0 atom stereocenters. The van der Waals surface area contributed by atoms with Crippen molar-refractivity contribution in [3.05, 3.63) is 24.3 Å². The van der Waals surface area contributed by atoms with E-state index in [-0.39, 0.29) is 5.97 Å². The van der Waals surface area contributed by atoms with Gasteiger partial charge in [-0.1, -0.05) is 24.3 Å². The summed E-state index contributed by atoms with van der Waals surface area (Å²) in [6, 6.07) is 0. The van der Waals surface area contributed by atoms with E-state index >= 15 is 0 Å². The van der Waals surface area contributed by atoms with E-state index in [1.165, 1.54) is 7.11 Å². The van der Waals surface area contributed by atoms with E-state index < -0.39 is 0 Å². The average Bonchev–Trinajstić information content (AvgIpc) is 2.31. The molecule has 88 valence electrons. The number of methoxy groups -OCH3 is 1. The zero-order chi connectivity index (χ0) is 12.1. The second-order valence-corrected chi connectivity index (χ2v) is 3.42. The zero-order valence-electron chi connectivity index (χ0n) is 9.95. The molecule has 0 saturated carbocycles. The molecule has 0 rings (SSSR count). The van der Waals surface area contributed by atoms with E-state index in [1.54, 1.807) is 0 Å². The van der Waals surface area contributed by atoms with Crippen LogP contribution in [0.3, 0.4) is 0 Å². The lowest BCUT2D eigenvalue weighted by atomic mass is 10.2. The molecule has 0 aliphatic carbocycles. The van der Waals surface area contributed by atoms with Crippen molar-refractivity contribution in [2.24, 2.45) is 0 Å². The lowest BCUT2D eigenvalue weighted by molar-refractivity contribution is -0.140. The Morgan fingerprint density at radius 1 is 1.25 bits per heavy atom. The molecule has 0 spiro atoms. The highest BCUT2D eigenvalue weighted by Gasteiger charge is 1.97. The Morgan fingerprint density at radius 3 is 2.56 bits per heavy atom. The number of unbranched alkanes of at least 4 members (excludes halogenated alkanes) is 3. The summed E-state index contributed by atoms with van der Waals surface area (Å²) in [6.45, 7) is 0. The van der Waals surface area contributed by atoms with Crippen molar-refractivity contribution in [3.8, 4) is 12.3 Å². The van der Waals surface area contributed by atoms with Crippen LogP contribution in [0.1, 0.15) is 38.5 Å². The van der Waals surface area contributed by atoms with Crippen molar-refractivity contribution >= 4 is 5.97 Å². The average molecular weight is 220 g/mol. The monoisotopic (exact) mass is 220 g/mol. The molecule has 0 aromatic rings. The van der Waals surface area contributed by atoms with Gasteiger partial charge in [0.15, 0.2) is 0 Å². The van der Waals surface area contributed by atoms with Crippen LogP contribution in [0, 0.1) is 12.3 Å². The minimum absolute atomic E-state index is 0.127. The molecule has 16 heavy (non-hydrogen) atoms. The number of allylic oxidation sites excluding steroid dienone is 4. The Hall–Kier alpha value is -1.49. The smallest absolute Gasteiger partial charge is 0.305 e. The largest absolute Gasteiger partial charge is 0.469 e. The summed E-state index contributed by atoms with van der Waals surface area (Å²) in [4.78, 5) is 10.8. The summed E-state index contributed by atoms with van der Waals surface area (Å²) in [6.07, 6.45) is 18.5. The van der Waals surface area contributed by atoms with Crippen LogP contribution in [0.25, 0.3) is 0 Å². The van der Waals surface area contributed by atoms with Crippen LogP contribution in [-0.4, -0.2) is 13.1 Å². The summed E-state index contributed by atoms with van der Waals surface area (Å²) < 4.78 is 4.55. The molecule has 0 radical (unpaired) electrons. The first-order valence-electron chi connectivity index (χ1n) is 5.63. The van der Waals surface area contributed by atoms with Crippen LogP contribution in [0.2, 0.25) is 0 Å². The second kappa shape index (κ2) is 11.6. The molecule has 0 aliphatic heterocycles. The lowest BCUT2D eigenvalue weighted by Gasteiger charge is -1.96. The second-order valence-electron chi connectivity index (χ2n) is 3.42. The van der Waals surface area contributed by atoms with Gasteiger partial charge in [-0.25, -0.2) is 0 Å². The third kappa shape index (κ3) is 10.6. The molecule has 0 heterocycles. The number of ether oxygens (including phenoxy) is 1. The van der Waals surface area contributed by atoms with Crippen LogP contribution in [-0.2, 0) is 9.53 Å². The lowest BCUT2D eigenvalue weighted by Crippen LogP contribution is -1.98. The SMILES string of the molecule is C#CCC/C=C/C=C/CCCCC(=O)OC. The number of hydrogen-bond donors (Lipinski definition) is 0. The molecule has 0 aromatic carbocycles. The van der Waals surface area contributed by atoms with Crippen LogP contribution in [0.15, 0.2) is 24.3 Å². The van der Waals surface area contributed by atoms with Crippen LogP contribution in [0.4, 0.5) is 0 Å². The Balaban J connectivity index is 3.31. The van der Waals surface area contributed by atoms with Gasteiger partial charge in [-0.05, 0) is 25.7 Å². The Labute approximate surface area is 98.4 Å². The molecule has 0 bridgehead atoms. The van der Waals surface area contributed by atoms with E-state index in [4.69, 9.17) is 6.42 Å². The number of carbonyl (C=O) groups is 1. The fraction of sp³-hybridized carbons (Fsp3) is 0.500. The number of terminal acetylenes is 1. The Morgan fingerprint density at radius 2 is 1.94 bits per heavy atom. The molecule has 0 amide bonds. The van der Waals surface area contributed by atoms with Gasteiger partial charge in [0.25, 0.3) is 0 Å². The molecule has 0 aliphatic rings. The van der Waals surface area contributed by atoms with Crippen molar-refractivity contribution in [2.75, 3.05) is 7.11 Å². The first-order chi connectivity index (χ1) is 7.81. The topological polar surface area (TPSA) is 26.3 Å². The van der Waals surface area contributed by atoms with Gasteiger partial charge < -0.3 is 4.74 Å². The van der Waals surface area contributed by atoms with Crippen LogP contribution >= 0.6 is 0 Å². The summed E-state index contributed by atoms with van der Waals surface area (Å²) in [5, 5.41) is 0. The first-order valence-corrected chi connectivity index (χ1v) is 5.63. The molecule has 0 N–H and O–H groups in total. The number of hydrogen-bond acceptors (Lipinski definition) is 2. The van der Waals surface area contributed by atoms with Gasteiger partial charge in [0, 0.05) is 12.8 Å². The van der Waals surface area contributed by atoms with Crippen molar-refractivity contribution in [1.29, 1.82) is 0 Å². The maximum Gasteiger partial charge on any atom is 0.305 e. The highest BCUT2D eigenvalue weighted by atomic mass is 16.5. The third-order valence-corrected chi connectivity index (χ3v) is 2.07. The number of rotatable bonds is 8. The number of carbonyl (C=O) groups excluding carboxylic acids is 1. The summed E-state index contributed by atoms with van der Waals surface area (Å²) in [5.74, 6) is 2.46. The maximum atomic E-state index is 10.8. The van der Waals surface area contributed by atoms with Crippen molar-refractivity contribution in [1.82, 2.24) is 0 Å². The first kappa shape index (κ1) is 14.5. The standard InChI is InChI=1S/C14H20O2/c1-3-4-5-6-7-8-9-10-11-12-13-14(15)16-2/h1,6-9H,4-5,10-13H2,2H3/b7-6+,9-8+. The third-order valence-electron chi connectivity index (χ3n) is 2.07. The molecule has 0 saturated heterocycles. The van der Waals surface area contributed by atoms with Crippen molar-refractivity contribution in [2.45, 2.75) is 38.5 Å². The van der Waals surface area contributed by atoms with E-state index in [0.29, 0.717) is 6.42 Å². The molecular formula is C14H20O2. The molecule has 2 heteroatoms. The predicted octanol–water partition coefficient (Wildman–Crippen LogP) is 3.25. The van der Waals surface area contributed by atoms with Crippen molar-refractivity contribution < 1.29 is 9.53 Å². The van der Waals surface area contributed by atoms with Crippen molar-refractivity contribution in [3.63, 3.8) is 0 Å². The van der Waals surface area contributed by atoms with Crippen LogP contribution < -0.4 is 0 Å². The molecule has 0 unspecified atom stereocenters. The van der Waals surface area contributed by atoms with Gasteiger partial charge >= 0.3 is 5.97 Å². The summed E-state index contributed by atoms with van der Waals surface area (Å²) in [5.41, 5.74) is 0. The van der Waals surface area contributed by atoms with Gasteiger partial charge in [-0.15, -0.1) is 12.3 Å². The molecular weight excluding hydrogens is 200 g/mol. The molecule has 2 nitrogen and oxygen atoms in total. The minimum atomic E-state index is -0.127. The van der Waals surface area contributed by atoms with Gasteiger partial charge in [-0.2, -0.15) is 0 Å². The fourth-order valence-electron chi connectivity index (χ4n) is 1.15. The quantitative estimate of drug-likeness (QED) is 0.272. The van der Waals surface area contributed by atoms with Gasteiger partial charge in [0.05, 0.1) is 7.11 Å². The van der Waals surface area contributed by atoms with Gasteiger partial charge in [0.2, 0.25) is 0 Å². The highest BCUT2D eigenvalue weighted by Crippen LogP contribution is 2.02. The van der Waals surface area contributed by atoms with Gasteiger partial charge in [0.1, 0.15) is 0 Å². The molecule has 0 aromatic heterocycles.